The first kappa shape index (κ1) is 11.8. The highest BCUT2D eigenvalue weighted by Crippen LogP contribution is 2.16. The molecule has 4 heteroatoms. The van der Waals surface area contributed by atoms with Crippen LogP contribution in [0.3, 0.4) is 0 Å². The second-order valence-electron chi connectivity index (χ2n) is 4.18. The molecule has 0 saturated carbocycles. The average Bonchev–Trinajstić information content (AvgIpc) is 1.99. The smallest absolute Gasteiger partial charge is 0.301 e. The summed E-state index contributed by atoms with van der Waals surface area (Å²) in [5, 5.41) is 0. The van der Waals surface area contributed by atoms with E-state index in [1.807, 2.05) is 32.6 Å². The zero-order valence-electron chi connectivity index (χ0n) is 9.94. The summed E-state index contributed by atoms with van der Waals surface area (Å²) < 4.78 is 5.46. The lowest BCUT2D eigenvalue weighted by molar-refractivity contribution is 0.446. The van der Waals surface area contributed by atoms with E-state index in [1.54, 1.807) is 6.92 Å². The maximum absolute atomic E-state index is 11.3. The van der Waals surface area contributed by atoms with Crippen molar-refractivity contribution in [2.45, 2.75) is 46.7 Å². The zero-order chi connectivity index (χ0) is 11.6. The molecule has 0 spiro atoms. The Morgan fingerprint density at radius 2 is 1.80 bits per heavy atom. The minimum absolute atomic E-state index is 0.250. The number of hydrogen-bond donors (Lipinski definition) is 0. The largest absolute Gasteiger partial charge is 0.430 e. The highest BCUT2D eigenvalue weighted by atomic mass is 16.4. The monoisotopic (exact) mass is 210 g/mol. The van der Waals surface area contributed by atoms with Gasteiger partial charge < -0.3 is 9.32 Å². The van der Waals surface area contributed by atoms with E-state index in [9.17, 15) is 4.79 Å². The standard InChI is InChI=1S/C11H18N2O2/c1-7(2)13(8(3)4)11-12-10(14)6-9(5)15-11/h6-8H,1-5H3. The van der Waals surface area contributed by atoms with Gasteiger partial charge in [-0.1, -0.05) is 0 Å². The molecule has 0 fully saturated rings. The van der Waals surface area contributed by atoms with Gasteiger partial charge in [-0.3, -0.25) is 4.79 Å². The third kappa shape index (κ3) is 2.81. The van der Waals surface area contributed by atoms with Crippen molar-refractivity contribution in [3.63, 3.8) is 0 Å². The summed E-state index contributed by atoms with van der Waals surface area (Å²) in [4.78, 5) is 17.1. The van der Waals surface area contributed by atoms with Gasteiger partial charge in [0.05, 0.1) is 0 Å². The number of aromatic nitrogens is 1. The highest BCUT2D eigenvalue weighted by molar-refractivity contribution is 5.28. The van der Waals surface area contributed by atoms with Crippen molar-refractivity contribution in [1.29, 1.82) is 0 Å². The summed E-state index contributed by atoms with van der Waals surface area (Å²) in [6, 6.07) is 2.30. The maximum Gasteiger partial charge on any atom is 0.301 e. The number of hydrogen-bond acceptors (Lipinski definition) is 4. The Morgan fingerprint density at radius 1 is 1.27 bits per heavy atom. The van der Waals surface area contributed by atoms with Gasteiger partial charge in [0.25, 0.3) is 5.56 Å². The lowest BCUT2D eigenvalue weighted by atomic mass is 10.2. The minimum Gasteiger partial charge on any atom is -0.430 e. The first-order chi connectivity index (χ1) is 6.91. The van der Waals surface area contributed by atoms with Crippen molar-refractivity contribution in [3.05, 3.63) is 22.2 Å². The van der Waals surface area contributed by atoms with Crippen molar-refractivity contribution in [2.75, 3.05) is 4.90 Å². The number of rotatable bonds is 3. The molecule has 1 rings (SSSR count). The first-order valence-corrected chi connectivity index (χ1v) is 5.19. The molecule has 0 aromatic carbocycles. The zero-order valence-corrected chi connectivity index (χ0v) is 9.94. The van der Waals surface area contributed by atoms with E-state index in [-0.39, 0.29) is 17.6 Å². The van der Waals surface area contributed by atoms with Crippen LogP contribution in [0, 0.1) is 6.92 Å². The SMILES string of the molecule is Cc1cc(=O)nc(N(C(C)C)C(C)C)o1. The van der Waals surface area contributed by atoms with E-state index in [4.69, 9.17) is 4.42 Å². The minimum atomic E-state index is -0.250. The van der Waals surface area contributed by atoms with Gasteiger partial charge in [0, 0.05) is 18.2 Å². The molecule has 1 heterocycles. The van der Waals surface area contributed by atoms with E-state index in [0.717, 1.165) is 0 Å². The predicted molar refractivity (Wildman–Crippen MR) is 60.3 cm³/mol. The summed E-state index contributed by atoms with van der Waals surface area (Å²) in [5.74, 6) is 0.594. The predicted octanol–water partition coefficient (Wildman–Crippen LogP) is 1.97. The Kier molecular flexibility index (Phi) is 3.50. The summed E-state index contributed by atoms with van der Waals surface area (Å²) in [7, 11) is 0. The Morgan fingerprint density at radius 3 is 2.20 bits per heavy atom. The molecular formula is C11H18N2O2. The van der Waals surface area contributed by atoms with Crippen molar-refractivity contribution < 1.29 is 4.42 Å². The molecule has 0 bridgehead atoms. The summed E-state index contributed by atoms with van der Waals surface area (Å²) in [6.07, 6.45) is 0. The van der Waals surface area contributed by atoms with Crippen LogP contribution in [0.1, 0.15) is 33.5 Å². The summed E-state index contributed by atoms with van der Waals surface area (Å²) in [5.41, 5.74) is -0.250. The molecule has 0 unspecified atom stereocenters. The Balaban J connectivity index is 3.17. The van der Waals surface area contributed by atoms with Gasteiger partial charge in [-0.15, -0.1) is 0 Å². The summed E-state index contributed by atoms with van der Waals surface area (Å²) in [6.45, 7) is 9.94. The molecule has 0 aliphatic heterocycles. The van der Waals surface area contributed by atoms with Crippen molar-refractivity contribution >= 4 is 6.01 Å². The molecule has 0 radical (unpaired) electrons. The van der Waals surface area contributed by atoms with Gasteiger partial charge in [-0.2, -0.15) is 4.98 Å². The first-order valence-electron chi connectivity index (χ1n) is 5.19. The third-order valence-corrected chi connectivity index (χ3v) is 2.12. The Hall–Kier alpha value is -1.32. The lowest BCUT2D eigenvalue weighted by Gasteiger charge is -2.29. The van der Waals surface area contributed by atoms with Crippen molar-refractivity contribution in [1.82, 2.24) is 4.98 Å². The van der Waals surface area contributed by atoms with Gasteiger partial charge in [-0.25, -0.2) is 0 Å². The fraction of sp³-hybridized carbons (Fsp3) is 0.636. The molecule has 0 saturated heterocycles. The molecular weight excluding hydrogens is 192 g/mol. The van der Waals surface area contributed by atoms with Gasteiger partial charge in [-0.05, 0) is 34.6 Å². The lowest BCUT2D eigenvalue weighted by Crippen LogP contribution is -2.38. The van der Waals surface area contributed by atoms with Crippen LogP contribution in [0.2, 0.25) is 0 Å². The van der Waals surface area contributed by atoms with Crippen LogP contribution in [-0.4, -0.2) is 17.1 Å². The van der Waals surface area contributed by atoms with Crippen LogP contribution in [-0.2, 0) is 0 Å². The normalized spacial score (nSPS) is 11.1. The quantitative estimate of drug-likeness (QED) is 0.765. The van der Waals surface area contributed by atoms with Gasteiger partial charge in [0.2, 0.25) is 0 Å². The van der Waals surface area contributed by atoms with Gasteiger partial charge in [0.1, 0.15) is 5.76 Å². The topological polar surface area (TPSA) is 46.3 Å². The van der Waals surface area contributed by atoms with Crippen LogP contribution in [0.15, 0.2) is 15.3 Å². The Bertz CT molecular complexity index is 374. The second-order valence-corrected chi connectivity index (χ2v) is 4.18. The molecule has 0 N–H and O–H groups in total. The molecule has 4 nitrogen and oxygen atoms in total. The van der Waals surface area contributed by atoms with Crippen molar-refractivity contribution in [2.24, 2.45) is 0 Å². The van der Waals surface area contributed by atoms with E-state index < -0.39 is 0 Å². The molecule has 0 amide bonds. The molecule has 84 valence electrons. The molecule has 15 heavy (non-hydrogen) atoms. The fourth-order valence-electron chi connectivity index (χ4n) is 1.65. The van der Waals surface area contributed by atoms with Crippen LogP contribution >= 0.6 is 0 Å². The second kappa shape index (κ2) is 4.47. The average molecular weight is 210 g/mol. The number of nitrogens with zero attached hydrogens (tertiary/aromatic N) is 2. The van der Waals surface area contributed by atoms with Crippen LogP contribution in [0.25, 0.3) is 0 Å². The Labute approximate surface area is 89.9 Å². The summed E-state index contributed by atoms with van der Waals surface area (Å²) >= 11 is 0. The van der Waals surface area contributed by atoms with Crippen molar-refractivity contribution in [3.8, 4) is 0 Å². The van der Waals surface area contributed by atoms with E-state index in [1.165, 1.54) is 6.07 Å². The van der Waals surface area contributed by atoms with Crippen LogP contribution in [0.5, 0.6) is 0 Å². The molecule has 0 atom stereocenters. The van der Waals surface area contributed by atoms with Crippen LogP contribution in [0.4, 0.5) is 6.01 Å². The molecule has 1 aromatic rings. The molecule has 0 aliphatic rings. The van der Waals surface area contributed by atoms with Crippen LogP contribution < -0.4 is 10.5 Å². The van der Waals surface area contributed by atoms with Gasteiger partial charge in [0.15, 0.2) is 0 Å². The molecule has 0 aliphatic carbocycles. The maximum atomic E-state index is 11.3. The van der Waals surface area contributed by atoms with E-state index in [2.05, 4.69) is 4.98 Å². The molecule has 1 aromatic heterocycles. The number of anilines is 1. The fourth-order valence-corrected chi connectivity index (χ4v) is 1.65. The van der Waals surface area contributed by atoms with Gasteiger partial charge >= 0.3 is 6.01 Å². The number of aryl methyl sites for hydroxylation is 1. The van der Waals surface area contributed by atoms with E-state index in [0.29, 0.717) is 11.8 Å². The van der Waals surface area contributed by atoms with E-state index >= 15 is 0 Å². The third-order valence-electron chi connectivity index (χ3n) is 2.12. The highest BCUT2D eigenvalue weighted by Gasteiger charge is 2.18.